The van der Waals surface area contributed by atoms with Crippen LogP contribution in [0.4, 0.5) is 5.82 Å². The van der Waals surface area contributed by atoms with Gasteiger partial charge in [0.05, 0.1) is 13.0 Å². The van der Waals surface area contributed by atoms with Crippen molar-refractivity contribution in [1.82, 2.24) is 15.2 Å². The van der Waals surface area contributed by atoms with Crippen molar-refractivity contribution in [2.45, 2.75) is 45.1 Å². The second kappa shape index (κ2) is 9.15. The van der Waals surface area contributed by atoms with E-state index >= 15 is 0 Å². The Morgan fingerprint density at radius 2 is 2.32 bits per heavy atom. The van der Waals surface area contributed by atoms with E-state index in [1.165, 1.54) is 17.7 Å². The normalized spacial score (nSPS) is 17.5. The Morgan fingerprint density at radius 3 is 3.16 bits per heavy atom. The number of ether oxygens (including phenoxy) is 1. The maximum Gasteiger partial charge on any atom is 0.307 e. The summed E-state index contributed by atoms with van der Waals surface area (Å²) in [6.07, 6.45) is 4.99. The number of hydrogen-bond donors (Lipinski definition) is 2. The van der Waals surface area contributed by atoms with Gasteiger partial charge in [-0.3, -0.25) is 4.79 Å². The molecule has 0 aliphatic carbocycles. The van der Waals surface area contributed by atoms with Gasteiger partial charge in [0.1, 0.15) is 5.82 Å². The van der Waals surface area contributed by atoms with Crippen LogP contribution in [0.15, 0.2) is 12.1 Å². The molecule has 1 aromatic rings. The summed E-state index contributed by atoms with van der Waals surface area (Å²) in [5.41, 5.74) is 2.55. The van der Waals surface area contributed by atoms with Crippen molar-refractivity contribution in [1.29, 1.82) is 0 Å². The molecule has 3 rings (SSSR count). The first-order valence-electron chi connectivity index (χ1n) is 9.58. The number of likely N-dealkylation sites (tertiary alicyclic amines) is 1. The number of aryl methyl sites for hydroxylation is 2. The molecule has 0 atom stereocenters. The lowest BCUT2D eigenvalue weighted by Crippen LogP contribution is -2.58. The average Bonchev–Trinajstić information content (AvgIpc) is 2.59. The summed E-state index contributed by atoms with van der Waals surface area (Å²) in [4.78, 5) is 18.5. The van der Waals surface area contributed by atoms with E-state index in [1.54, 1.807) is 0 Å². The second-order valence-electron chi connectivity index (χ2n) is 6.91. The minimum Gasteiger partial charge on any atom is -0.466 e. The molecule has 2 aliphatic rings. The van der Waals surface area contributed by atoms with Crippen LogP contribution in [0.25, 0.3) is 0 Å². The summed E-state index contributed by atoms with van der Waals surface area (Å²) in [7, 11) is 0. The Morgan fingerprint density at radius 1 is 1.44 bits per heavy atom. The number of nitrogens with zero attached hydrogens (tertiary/aromatic N) is 2. The van der Waals surface area contributed by atoms with E-state index in [0.29, 0.717) is 25.6 Å². The zero-order valence-electron chi connectivity index (χ0n) is 15.2. The molecule has 1 aromatic heterocycles. The van der Waals surface area contributed by atoms with Crippen LogP contribution >= 0.6 is 0 Å². The van der Waals surface area contributed by atoms with Crippen LogP contribution in [0.5, 0.6) is 0 Å². The lowest BCUT2D eigenvalue weighted by molar-refractivity contribution is -0.143. The minimum absolute atomic E-state index is 0.113. The van der Waals surface area contributed by atoms with E-state index in [2.05, 4.69) is 27.7 Å². The second-order valence-corrected chi connectivity index (χ2v) is 6.91. The van der Waals surface area contributed by atoms with Gasteiger partial charge in [0.25, 0.3) is 0 Å². The number of esters is 1. The third-order valence-electron chi connectivity index (χ3n) is 4.88. The molecule has 3 heterocycles. The van der Waals surface area contributed by atoms with Gasteiger partial charge >= 0.3 is 5.97 Å². The van der Waals surface area contributed by atoms with Gasteiger partial charge in [-0.05, 0) is 50.8 Å². The lowest BCUT2D eigenvalue weighted by Gasteiger charge is -2.39. The average molecular weight is 346 g/mol. The molecule has 0 radical (unpaired) electrons. The zero-order valence-corrected chi connectivity index (χ0v) is 15.2. The Balaban J connectivity index is 1.27. The molecule has 138 valence electrons. The van der Waals surface area contributed by atoms with Gasteiger partial charge < -0.3 is 20.3 Å². The molecule has 6 nitrogen and oxygen atoms in total. The van der Waals surface area contributed by atoms with Crippen molar-refractivity contribution < 1.29 is 9.53 Å². The van der Waals surface area contributed by atoms with E-state index in [1.807, 2.05) is 6.92 Å². The first-order valence-corrected chi connectivity index (χ1v) is 9.58. The standard InChI is InChI=1S/C19H30N4O2/c1-2-25-18(24)9-11-20-17-13-23(14-17)12-4-6-16-8-7-15-5-3-10-21-19(15)22-16/h7-8,17,20H,2-6,9-14H2,1H3,(H,21,22). The minimum atomic E-state index is -0.113. The number of nitrogens with one attached hydrogen (secondary N) is 2. The van der Waals surface area contributed by atoms with Gasteiger partial charge in [-0.25, -0.2) is 4.98 Å². The van der Waals surface area contributed by atoms with E-state index in [0.717, 1.165) is 51.3 Å². The van der Waals surface area contributed by atoms with Crippen LogP contribution in [0.3, 0.4) is 0 Å². The summed E-state index contributed by atoms with van der Waals surface area (Å²) in [6.45, 7) is 7.31. The van der Waals surface area contributed by atoms with Crippen LogP contribution in [0, 0.1) is 0 Å². The molecule has 0 aromatic carbocycles. The number of hydrogen-bond acceptors (Lipinski definition) is 6. The maximum absolute atomic E-state index is 11.3. The van der Waals surface area contributed by atoms with Crippen molar-refractivity contribution in [3.63, 3.8) is 0 Å². The molecule has 25 heavy (non-hydrogen) atoms. The fourth-order valence-electron chi connectivity index (χ4n) is 3.48. The first kappa shape index (κ1) is 18.1. The molecule has 0 unspecified atom stereocenters. The number of carbonyl (C=O) groups is 1. The molecule has 2 N–H and O–H groups in total. The van der Waals surface area contributed by atoms with E-state index in [9.17, 15) is 4.79 Å². The largest absolute Gasteiger partial charge is 0.466 e. The highest BCUT2D eigenvalue weighted by Gasteiger charge is 2.25. The predicted molar refractivity (Wildman–Crippen MR) is 98.8 cm³/mol. The van der Waals surface area contributed by atoms with Gasteiger partial charge in [0.2, 0.25) is 0 Å². The summed E-state index contributed by atoms with van der Waals surface area (Å²) in [5, 5.41) is 6.82. The fraction of sp³-hybridized carbons (Fsp3) is 0.684. The van der Waals surface area contributed by atoms with Crippen molar-refractivity contribution in [2.24, 2.45) is 0 Å². The SMILES string of the molecule is CCOC(=O)CCNC1CN(CCCc2ccc3c(n2)NCCC3)C1. The van der Waals surface area contributed by atoms with Gasteiger partial charge in [0, 0.05) is 37.9 Å². The number of aromatic nitrogens is 1. The van der Waals surface area contributed by atoms with Gasteiger partial charge in [-0.1, -0.05) is 6.07 Å². The molecule has 1 fully saturated rings. The third-order valence-corrected chi connectivity index (χ3v) is 4.88. The van der Waals surface area contributed by atoms with Crippen molar-refractivity contribution >= 4 is 11.8 Å². The first-order chi connectivity index (χ1) is 12.2. The summed E-state index contributed by atoms with van der Waals surface area (Å²) < 4.78 is 4.93. The Bertz CT molecular complexity index is 573. The molecule has 0 amide bonds. The number of rotatable bonds is 9. The van der Waals surface area contributed by atoms with Crippen molar-refractivity contribution in [3.05, 3.63) is 23.4 Å². The Kier molecular flexibility index (Phi) is 6.64. The molecule has 2 aliphatic heterocycles. The maximum atomic E-state index is 11.3. The lowest BCUT2D eigenvalue weighted by atomic mass is 10.1. The Hall–Kier alpha value is -1.66. The van der Waals surface area contributed by atoms with Crippen LogP contribution in [-0.4, -0.2) is 61.2 Å². The molecule has 1 saturated heterocycles. The van der Waals surface area contributed by atoms with Crippen LogP contribution < -0.4 is 10.6 Å². The van der Waals surface area contributed by atoms with Crippen LogP contribution in [-0.2, 0) is 22.4 Å². The van der Waals surface area contributed by atoms with E-state index in [4.69, 9.17) is 9.72 Å². The summed E-state index contributed by atoms with van der Waals surface area (Å²) in [6, 6.07) is 4.93. The fourth-order valence-corrected chi connectivity index (χ4v) is 3.48. The highest BCUT2D eigenvalue weighted by atomic mass is 16.5. The molecule has 0 spiro atoms. The predicted octanol–water partition coefficient (Wildman–Crippen LogP) is 1.60. The molecular weight excluding hydrogens is 316 g/mol. The smallest absolute Gasteiger partial charge is 0.307 e. The van der Waals surface area contributed by atoms with E-state index < -0.39 is 0 Å². The molecular formula is C19H30N4O2. The Labute approximate surface area is 150 Å². The third kappa shape index (κ3) is 5.41. The van der Waals surface area contributed by atoms with Gasteiger partial charge in [0.15, 0.2) is 0 Å². The molecule has 0 saturated carbocycles. The number of carbonyl (C=O) groups excluding carboxylic acids is 1. The number of anilines is 1. The monoisotopic (exact) mass is 346 g/mol. The zero-order chi connectivity index (χ0) is 17.5. The van der Waals surface area contributed by atoms with Crippen molar-refractivity contribution in [3.8, 4) is 0 Å². The summed E-state index contributed by atoms with van der Waals surface area (Å²) >= 11 is 0. The van der Waals surface area contributed by atoms with Crippen LogP contribution in [0.1, 0.15) is 37.4 Å². The van der Waals surface area contributed by atoms with Crippen molar-refractivity contribution in [2.75, 3.05) is 44.6 Å². The number of fused-ring (bicyclic) bond motifs is 1. The molecule has 0 bridgehead atoms. The number of pyridine rings is 1. The van der Waals surface area contributed by atoms with Crippen LogP contribution in [0.2, 0.25) is 0 Å². The van der Waals surface area contributed by atoms with Gasteiger partial charge in [-0.15, -0.1) is 0 Å². The van der Waals surface area contributed by atoms with E-state index in [-0.39, 0.29) is 5.97 Å². The topological polar surface area (TPSA) is 66.5 Å². The highest BCUT2D eigenvalue weighted by molar-refractivity contribution is 5.69. The highest BCUT2D eigenvalue weighted by Crippen LogP contribution is 2.20. The quantitative estimate of drug-likeness (QED) is 0.662. The summed E-state index contributed by atoms with van der Waals surface area (Å²) in [5.74, 6) is 0.983. The molecule has 6 heteroatoms. The van der Waals surface area contributed by atoms with Gasteiger partial charge in [-0.2, -0.15) is 0 Å².